The highest BCUT2D eigenvalue weighted by Gasteiger charge is 2.35. The van der Waals surface area contributed by atoms with Crippen molar-refractivity contribution < 1.29 is 4.79 Å². The molecule has 2 aliphatic heterocycles. The van der Waals surface area contributed by atoms with Crippen LogP contribution >= 0.6 is 0 Å². The molecule has 3 aliphatic rings. The van der Waals surface area contributed by atoms with E-state index < -0.39 is 0 Å². The van der Waals surface area contributed by atoms with Gasteiger partial charge in [-0.1, -0.05) is 13.8 Å². The SMILES string of the molecule is CC(C)c1cc(Nc2nc(N3CCC[C@@H]3C(=O)N[C@@H]3CCN(C)C3)nc3c2CCC3)n[nH]1. The Bertz CT molecular complexity index is 986. The number of nitrogens with one attached hydrogen (secondary N) is 3. The number of aromatic amines is 1. The number of nitrogens with zero attached hydrogens (tertiary/aromatic N) is 5. The number of likely N-dealkylation sites (tertiary alicyclic amines) is 1. The van der Waals surface area contributed by atoms with Gasteiger partial charge in [0.1, 0.15) is 11.9 Å². The molecule has 3 N–H and O–H groups in total. The van der Waals surface area contributed by atoms with Crippen LogP contribution in [0.25, 0.3) is 0 Å². The topological polar surface area (TPSA) is 102 Å². The van der Waals surface area contributed by atoms with E-state index in [-0.39, 0.29) is 18.0 Å². The van der Waals surface area contributed by atoms with E-state index in [2.05, 4.69) is 51.5 Å². The number of carbonyl (C=O) groups is 1. The van der Waals surface area contributed by atoms with E-state index in [4.69, 9.17) is 9.97 Å². The molecule has 32 heavy (non-hydrogen) atoms. The highest BCUT2D eigenvalue weighted by molar-refractivity contribution is 5.85. The van der Waals surface area contributed by atoms with Crippen LogP contribution in [0, 0.1) is 0 Å². The van der Waals surface area contributed by atoms with Gasteiger partial charge < -0.3 is 20.4 Å². The first-order valence-corrected chi connectivity index (χ1v) is 12.0. The van der Waals surface area contributed by atoms with Crippen molar-refractivity contribution in [3.8, 4) is 0 Å². The molecule has 0 aromatic carbocycles. The molecule has 172 valence electrons. The largest absolute Gasteiger partial charge is 0.350 e. The molecule has 0 unspecified atom stereocenters. The Morgan fingerprint density at radius 1 is 1.19 bits per heavy atom. The van der Waals surface area contributed by atoms with E-state index in [1.165, 1.54) is 5.56 Å². The van der Waals surface area contributed by atoms with Crippen LogP contribution in [0.3, 0.4) is 0 Å². The Labute approximate surface area is 189 Å². The van der Waals surface area contributed by atoms with Gasteiger partial charge in [0.15, 0.2) is 5.82 Å². The minimum atomic E-state index is -0.203. The highest BCUT2D eigenvalue weighted by Crippen LogP contribution is 2.32. The van der Waals surface area contributed by atoms with Crippen molar-refractivity contribution in [2.45, 2.75) is 70.4 Å². The van der Waals surface area contributed by atoms with Gasteiger partial charge in [0.2, 0.25) is 11.9 Å². The van der Waals surface area contributed by atoms with Gasteiger partial charge in [0.25, 0.3) is 0 Å². The van der Waals surface area contributed by atoms with Crippen molar-refractivity contribution >= 4 is 23.5 Å². The Morgan fingerprint density at radius 3 is 2.81 bits per heavy atom. The summed E-state index contributed by atoms with van der Waals surface area (Å²) in [6.07, 6.45) is 5.84. The van der Waals surface area contributed by atoms with Gasteiger partial charge in [-0.25, -0.2) is 4.98 Å². The Kier molecular flexibility index (Phi) is 5.75. The van der Waals surface area contributed by atoms with Crippen LogP contribution in [-0.2, 0) is 17.6 Å². The van der Waals surface area contributed by atoms with E-state index in [0.29, 0.717) is 11.9 Å². The minimum absolute atomic E-state index is 0.107. The molecule has 0 radical (unpaired) electrons. The molecule has 2 aromatic heterocycles. The fourth-order valence-corrected chi connectivity index (χ4v) is 5.10. The number of aryl methyl sites for hydroxylation is 1. The van der Waals surface area contributed by atoms with E-state index in [1.54, 1.807) is 0 Å². The fraction of sp³-hybridized carbons (Fsp3) is 0.652. The minimum Gasteiger partial charge on any atom is -0.350 e. The normalized spacial score (nSPS) is 23.2. The monoisotopic (exact) mass is 438 g/mol. The van der Waals surface area contributed by atoms with Gasteiger partial charge in [-0.2, -0.15) is 10.1 Å². The van der Waals surface area contributed by atoms with Crippen molar-refractivity contribution in [3.63, 3.8) is 0 Å². The zero-order chi connectivity index (χ0) is 22.2. The van der Waals surface area contributed by atoms with Crippen LogP contribution in [-0.4, -0.2) is 69.7 Å². The van der Waals surface area contributed by atoms with E-state index in [0.717, 1.165) is 81.2 Å². The van der Waals surface area contributed by atoms with Crippen molar-refractivity contribution in [1.82, 2.24) is 30.4 Å². The number of fused-ring (bicyclic) bond motifs is 1. The van der Waals surface area contributed by atoms with E-state index in [9.17, 15) is 4.79 Å². The van der Waals surface area contributed by atoms with Gasteiger partial charge in [-0.05, 0) is 58.0 Å². The summed E-state index contributed by atoms with van der Waals surface area (Å²) in [6, 6.07) is 2.08. The number of amides is 1. The summed E-state index contributed by atoms with van der Waals surface area (Å²) in [7, 11) is 2.10. The molecular weight excluding hydrogens is 404 g/mol. The summed E-state index contributed by atoms with van der Waals surface area (Å²) in [5, 5.41) is 14.2. The maximum atomic E-state index is 13.1. The van der Waals surface area contributed by atoms with Crippen molar-refractivity contribution in [2.75, 3.05) is 36.9 Å². The predicted octanol–water partition coefficient (Wildman–Crippen LogP) is 2.34. The van der Waals surface area contributed by atoms with Crippen LogP contribution in [0.5, 0.6) is 0 Å². The average Bonchev–Trinajstić information content (AvgIpc) is 3.54. The van der Waals surface area contributed by atoms with Crippen molar-refractivity contribution in [2.24, 2.45) is 0 Å². The molecule has 2 saturated heterocycles. The molecule has 2 fully saturated rings. The second-order valence-electron chi connectivity index (χ2n) is 9.75. The molecule has 4 heterocycles. The van der Waals surface area contributed by atoms with Gasteiger partial charge >= 0.3 is 0 Å². The van der Waals surface area contributed by atoms with E-state index in [1.807, 2.05) is 6.07 Å². The van der Waals surface area contributed by atoms with Crippen LogP contribution < -0.4 is 15.5 Å². The first-order chi connectivity index (χ1) is 15.5. The number of hydrogen-bond acceptors (Lipinski definition) is 7. The van der Waals surface area contributed by atoms with Gasteiger partial charge in [-0.15, -0.1) is 0 Å². The van der Waals surface area contributed by atoms with E-state index >= 15 is 0 Å². The lowest BCUT2D eigenvalue weighted by atomic mass is 10.1. The summed E-state index contributed by atoms with van der Waals surface area (Å²) in [4.78, 5) is 27.3. The number of aromatic nitrogens is 4. The van der Waals surface area contributed by atoms with Gasteiger partial charge in [0.05, 0.1) is 5.69 Å². The second kappa shape index (κ2) is 8.69. The fourth-order valence-electron chi connectivity index (χ4n) is 5.10. The molecule has 0 saturated carbocycles. The Morgan fingerprint density at radius 2 is 2.06 bits per heavy atom. The van der Waals surface area contributed by atoms with Crippen molar-refractivity contribution in [1.29, 1.82) is 0 Å². The molecule has 2 atom stereocenters. The second-order valence-corrected chi connectivity index (χ2v) is 9.75. The van der Waals surface area contributed by atoms with Gasteiger partial charge in [0, 0.05) is 36.5 Å². The van der Waals surface area contributed by atoms with Crippen LogP contribution in [0.4, 0.5) is 17.6 Å². The number of rotatable bonds is 6. The molecular formula is C23H34N8O. The summed E-state index contributed by atoms with van der Waals surface area (Å²) in [5.74, 6) is 2.75. The lowest BCUT2D eigenvalue weighted by Gasteiger charge is -2.26. The first kappa shape index (κ1) is 21.2. The average molecular weight is 439 g/mol. The third-order valence-electron chi connectivity index (χ3n) is 6.94. The number of anilines is 3. The molecule has 1 aliphatic carbocycles. The zero-order valence-corrected chi connectivity index (χ0v) is 19.3. The molecule has 1 amide bonds. The summed E-state index contributed by atoms with van der Waals surface area (Å²) >= 11 is 0. The predicted molar refractivity (Wildman–Crippen MR) is 124 cm³/mol. The molecule has 0 spiro atoms. The molecule has 2 aromatic rings. The molecule has 5 rings (SSSR count). The molecule has 0 bridgehead atoms. The standard InChI is InChI=1S/C23H34N8O/c1-14(2)18-12-20(29-28-18)26-21-16-6-4-7-17(16)25-23(27-21)31-10-5-8-19(31)22(32)24-15-9-11-30(3)13-15/h12,14-15,19H,4-11,13H2,1-3H3,(H,24,32)(H2,25,26,27,28,29)/t15-,19-/m1/s1. The zero-order valence-electron chi connectivity index (χ0n) is 19.3. The lowest BCUT2D eigenvalue weighted by Crippen LogP contribution is -2.48. The number of carbonyl (C=O) groups excluding carboxylic acids is 1. The number of hydrogen-bond donors (Lipinski definition) is 3. The quantitative estimate of drug-likeness (QED) is 0.636. The lowest BCUT2D eigenvalue weighted by molar-refractivity contribution is -0.122. The smallest absolute Gasteiger partial charge is 0.243 e. The number of H-pyrrole nitrogens is 1. The maximum Gasteiger partial charge on any atom is 0.243 e. The maximum absolute atomic E-state index is 13.1. The first-order valence-electron chi connectivity index (χ1n) is 12.0. The summed E-state index contributed by atoms with van der Waals surface area (Å²) in [6.45, 7) is 7.04. The van der Waals surface area contributed by atoms with Gasteiger partial charge in [-0.3, -0.25) is 9.89 Å². The summed E-state index contributed by atoms with van der Waals surface area (Å²) in [5.41, 5.74) is 3.37. The van der Waals surface area contributed by atoms with Crippen LogP contribution in [0.1, 0.15) is 62.4 Å². The molecule has 9 heteroatoms. The van der Waals surface area contributed by atoms with Crippen LogP contribution in [0.15, 0.2) is 6.07 Å². The van der Waals surface area contributed by atoms with Crippen molar-refractivity contribution in [3.05, 3.63) is 23.0 Å². The third kappa shape index (κ3) is 4.18. The third-order valence-corrected chi connectivity index (χ3v) is 6.94. The Balaban J connectivity index is 1.37. The van der Waals surface area contributed by atoms with Crippen LogP contribution in [0.2, 0.25) is 0 Å². The number of likely N-dealkylation sites (N-methyl/N-ethyl adjacent to an activating group) is 1. The summed E-state index contributed by atoms with van der Waals surface area (Å²) < 4.78 is 0. The highest BCUT2D eigenvalue weighted by atomic mass is 16.2. The molecule has 9 nitrogen and oxygen atoms in total. The Hall–Kier alpha value is -2.68.